The van der Waals surface area contributed by atoms with Gasteiger partial charge >= 0.3 is 11.9 Å². The second kappa shape index (κ2) is 10.8. The van der Waals surface area contributed by atoms with Gasteiger partial charge in [-0.1, -0.05) is 24.6 Å². The standard InChI is InChI=1S/C23H23ClN2O6/c1-2-10-31-22(29)15-6-8-18(9-7-15)25-20(27)14-32-23(30)16-11-21(28)26(13-16)19-5-3-4-17(24)12-19/h3-9,12,16H,2,10-11,13-14H2,1H3,(H,25,27)/t16-/m0/s1. The monoisotopic (exact) mass is 458 g/mol. The second-order valence-electron chi connectivity index (χ2n) is 7.25. The van der Waals surface area contributed by atoms with Crippen molar-refractivity contribution >= 4 is 46.7 Å². The summed E-state index contributed by atoms with van der Waals surface area (Å²) in [6, 6.07) is 13.0. The number of halogens is 1. The molecule has 8 nitrogen and oxygen atoms in total. The van der Waals surface area contributed by atoms with Gasteiger partial charge in [-0.3, -0.25) is 14.4 Å². The van der Waals surface area contributed by atoms with E-state index in [-0.39, 0.29) is 18.9 Å². The molecule has 2 amide bonds. The van der Waals surface area contributed by atoms with Crippen molar-refractivity contribution in [3.8, 4) is 0 Å². The highest BCUT2D eigenvalue weighted by Gasteiger charge is 2.36. The van der Waals surface area contributed by atoms with Gasteiger partial charge in [0.2, 0.25) is 5.91 Å². The molecule has 32 heavy (non-hydrogen) atoms. The number of benzene rings is 2. The van der Waals surface area contributed by atoms with Crippen LogP contribution >= 0.6 is 11.6 Å². The maximum absolute atomic E-state index is 12.3. The summed E-state index contributed by atoms with van der Waals surface area (Å²) in [6.07, 6.45) is 0.731. The molecule has 0 radical (unpaired) electrons. The number of hydrogen-bond donors (Lipinski definition) is 1. The van der Waals surface area contributed by atoms with Crippen LogP contribution in [0, 0.1) is 5.92 Å². The average Bonchev–Trinajstić information content (AvgIpc) is 3.18. The van der Waals surface area contributed by atoms with Gasteiger partial charge in [0.15, 0.2) is 6.61 Å². The minimum absolute atomic E-state index is 0.00254. The lowest BCUT2D eigenvalue weighted by molar-refractivity contribution is -0.151. The van der Waals surface area contributed by atoms with E-state index in [0.717, 1.165) is 6.42 Å². The van der Waals surface area contributed by atoms with E-state index in [1.165, 1.54) is 17.0 Å². The van der Waals surface area contributed by atoms with Gasteiger partial charge in [0, 0.05) is 29.4 Å². The van der Waals surface area contributed by atoms with Crippen LogP contribution in [0.25, 0.3) is 0 Å². The van der Waals surface area contributed by atoms with Gasteiger partial charge < -0.3 is 19.7 Å². The van der Waals surface area contributed by atoms with Gasteiger partial charge in [0.1, 0.15) is 0 Å². The molecule has 168 valence electrons. The van der Waals surface area contributed by atoms with Gasteiger partial charge in [-0.05, 0) is 48.9 Å². The first kappa shape index (κ1) is 23.3. The number of anilines is 2. The minimum Gasteiger partial charge on any atom is -0.462 e. The molecular weight excluding hydrogens is 436 g/mol. The molecule has 1 aliphatic heterocycles. The predicted molar refractivity (Wildman–Crippen MR) is 119 cm³/mol. The van der Waals surface area contributed by atoms with E-state index in [4.69, 9.17) is 21.1 Å². The third-order valence-electron chi connectivity index (χ3n) is 4.77. The van der Waals surface area contributed by atoms with Gasteiger partial charge in [-0.15, -0.1) is 0 Å². The first-order valence-corrected chi connectivity index (χ1v) is 10.5. The number of nitrogens with zero attached hydrogens (tertiary/aromatic N) is 1. The highest BCUT2D eigenvalue weighted by atomic mass is 35.5. The van der Waals surface area contributed by atoms with Crippen molar-refractivity contribution in [2.45, 2.75) is 19.8 Å². The van der Waals surface area contributed by atoms with Crippen molar-refractivity contribution in [1.29, 1.82) is 0 Å². The third kappa shape index (κ3) is 6.07. The van der Waals surface area contributed by atoms with E-state index < -0.39 is 30.4 Å². The van der Waals surface area contributed by atoms with Crippen molar-refractivity contribution in [1.82, 2.24) is 0 Å². The number of esters is 2. The molecule has 1 heterocycles. The first-order valence-electron chi connectivity index (χ1n) is 10.2. The van der Waals surface area contributed by atoms with Crippen molar-refractivity contribution in [2.75, 3.05) is 30.0 Å². The number of rotatable bonds is 8. The van der Waals surface area contributed by atoms with Crippen molar-refractivity contribution < 1.29 is 28.7 Å². The summed E-state index contributed by atoms with van der Waals surface area (Å²) in [4.78, 5) is 50.0. The Kier molecular flexibility index (Phi) is 7.83. The van der Waals surface area contributed by atoms with Crippen LogP contribution in [-0.4, -0.2) is 43.5 Å². The Balaban J connectivity index is 1.47. The Morgan fingerprint density at radius 3 is 2.56 bits per heavy atom. The molecular formula is C23H23ClN2O6. The third-order valence-corrected chi connectivity index (χ3v) is 5.00. The molecule has 9 heteroatoms. The van der Waals surface area contributed by atoms with Crippen LogP contribution in [0.15, 0.2) is 48.5 Å². The summed E-state index contributed by atoms with van der Waals surface area (Å²) in [5.74, 6) is -2.46. The van der Waals surface area contributed by atoms with Gasteiger partial charge in [0.05, 0.1) is 18.1 Å². The molecule has 1 aliphatic rings. The van der Waals surface area contributed by atoms with Crippen molar-refractivity contribution in [2.24, 2.45) is 5.92 Å². The van der Waals surface area contributed by atoms with E-state index in [1.807, 2.05) is 6.92 Å². The average molecular weight is 459 g/mol. The van der Waals surface area contributed by atoms with E-state index in [1.54, 1.807) is 36.4 Å². The van der Waals surface area contributed by atoms with Crippen LogP contribution in [0.1, 0.15) is 30.1 Å². The summed E-state index contributed by atoms with van der Waals surface area (Å²) in [5, 5.41) is 3.08. The molecule has 0 spiro atoms. The summed E-state index contributed by atoms with van der Waals surface area (Å²) in [6.45, 7) is 1.92. The minimum atomic E-state index is -0.664. The fourth-order valence-electron chi connectivity index (χ4n) is 3.18. The normalized spacial score (nSPS) is 15.4. The zero-order chi connectivity index (χ0) is 23.1. The topological polar surface area (TPSA) is 102 Å². The molecule has 1 N–H and O–H groups in total. The summed E-state index contributed by atoms with van der Waals surface area (Å²) in [5.41, 5.74) is 1.43. The molecule has 0 saturated carbocycles. The molecule has 0 unspecified atom stereocenters. The maximum Gasteiger partial charge on any atom is 0.338 e. The summed E-state index contributed by atoms with van der Waals surface area (Å²) < 4.78 is 10.1. The van der Waals surface area contributed by atoms with Crippen molar-refractivity contribution in [3.05, 3.63) is 59.1 Å². The highest BCUT2D eigenvalue weighted by Crippen LogP contribution is 2.27. The van der Waals surface area contributed by atoms with Crippen LogP contribution in [0.3, 0.4) is 0 Å². The van der Waals surface area contributed by atoms with Crippen LogP contribution in [0.5, 0.6) is 0 Å². The van der Waals surface area contributed by atoms with E-state index >= 15 is 0 Å². The molecule has 0 aliphatic carbocycles. The lowest BCUT2D eigenvalue weighted by Crippen LogP contribution is -2.28. The fourth-order valence-corrected chi connectivity index (χ4v) is 3.36. The number of nitrogens with one attached hydrogen (secondary N) is 1. The molecule has 2 aromatic rings. The summed E-state index contributed by atoms with van der Waals surface area (Å²) in [7, 11) is 0. The number of ether oxygens (including phenoxy) is 2. The lowest BCUT2D eigenvalue weighted by Gasteiger charge is -2.16. The Bertz CT molecular complexity index is 1010. The second-order valence-corrected chi connectivity index (χ2v) is 7.69. The van der Waals surface area contributed by atoms with E-state index in [0.29, 0.717) is 28.6 Å². The first-order chi connectivity index (χ1) is 15.4. The van der Waals surface area contributed by atoms with Crippen LogP contribution in [0.2, 0.25) is 5.02 Å². The number of carbonyl (C=O) groups excluding carboxylic acids is 4. The fraction of sp³-hybridized carbons (Fsp3) is 0.304. The highest BCUT2D eigenvalue weighted by molar-refractivity contribution is 6.31. The zero-order valence-electron chi connectivity index (χ0n) is 17.5. The van der Waals surface area contributed by atoms with Crippen LogP contribution < -0.4 is 10.2 Å². The Morgan fingerprint density at radius 1 is 1.12 bits per heavy atom. The zero-order valence-corrected chi connectivity index (χ0v) is 18.3. The van der Waals surface area contributed by atoms with Crippen LogP contribution in [0.4, 0.5) is 11.4 Å². The predicted octanol–water partition coefficient (Wildman–Crippen LogP) is 3.44. The molecule has 1 fully saturated rings. The molecule has 0 bridgehead atoms. The van der Waals surface area contributed by atoms with E-state index in [2.05, 4.69) is 5.32 Å². The van der Waals surface area contributed by atoms with Crippen LogP contribution in [-0.2, 0) is 23.9 Å². The largest absolute Gasteiger partial charge is 0.462 e. The van der Waals surface area contributed by atoms with Gasteiger partial charge in [0.25, 0.3) is 5.91 Å². The van der Waals surface area contributed by atoms with Crippen molar-refractivity contribution in [3.63, 3.8) is 0 Å². The van der Waals surface area contributed by atoms with Gasteiger partial charge in [-0.2, -0.15) is 0 Å². The SMILES string of the molecule is CCCOC(=O)c1ccc(NC(=O)COC(=O)[C@H]2CC(=O)N(c3cccc(Cl)c3)C2)cc1. The quantitative estimate of drug-likeness (QED) is 0.608. The smallest absolute Gasteiger partial charge is 0.338 e. The molecule has 0 aromatic heterocycles. The number of carbonyl (C=O) groups is 4. The lowest BCUT2D eigenvalue weighted by atomic mass is 10.1. The Morgan fingerprint density at radius 2 is 1.88 bits per heavy atom. The molecule has 1 saturated heterocycles. The summed E-state index contributed by atoms with van der Waals surface area (Å²) >= 11 is 5.97. The van der Waals surface area contributed by atoms with Gasteiger partial charge in [-0.25, -0.2) is 4.79 Å². The molecule has 3 rings (SSSR count). The number of hydrogen-bond acceptors (Lipinski definition) is 6. The number of amides is 2. The Labute approximate surface area is 190 Å². The molecule has 1 atom stereocenters. The maximum atomic E-state index is 12.3. The van der Waals surface area contributed by atoms with E-state index in [9.17, 15) is 19.2 Å². The molecule has 2 aromatic carbocycles. The Hall–Kier alpha value is -3.39.